The molecule has 1 aliphatic heterocycles. The van der Waals surface area contributed by atoms with E-state index in [4.69, 9.17) is 0 Å². The van der Waals surface area contributed by atoms with Crippen molar-refractivity contribution in [1.29, 1.82) is 0 Å². The first-order valence-corrected chi connectivity index (χ1v) is 7.12. The molecular weight excluding hydrogens is 350 g/mol. The van der Waals surface area contributed by atoms with Gasteiger partial charge in [-0.3, -0.25) is 9.78 Å². The molecule has 0 radical (unpaired) electrons. The van der Waals surface area contributed by atoms with Gasteiger partial charge in [0.25, 0.3) is 5.91 Å². The van der Waals surface area contributed by atoms with E-state index in [2.05, 4.69) is 4.98 Å². The average molecular weight is 360 g/mol. The zero-order chi connectivity index (χ0) is 18.4. The molecule has 2 aromatic rings. The van der Waals surface area contributed by atoms with E-state index in [0.717, 1.165) is 29.4 Å². The van der Waals surface area contributed by atoms with Crippen molar-refractivity contribution >= 4 is 11.6 Å². The highest BCUT2D eigenvalue weighted by molar-refractivity contribution is 6.08. The number of hydrogen-bond donors (Lipinski definition) is 0. The number of rotatable bonds is 1. The Morgan fingerprint density at radius 2 is 1.72 bits per heavy atom. The van der Waals surface area contributed by atoms with Gasteiger partial charge in [-0.1, -0.05) is 6.07 Å². The van der Waals surface area contributed by atoms with Gasteiger partial charge in [0.2, 0.25) is 0 Å². The van der Waals surface area contributed by atoms with E-state index in [1.54, 1.807) is 0 Å². The molecule has 0 aliphatic carbocycles. The van der Waals surface area contributed by atoms with Gasteiger partial charge in [-0.05, 0) is 30.2 Å². The van der Waals surface area contributed by atoms with Gasteiger partial charge in [-0.25, -0.2) is 0 Å². The normalized spacial score (nSPS) is 15.3. The lowest BCUT2D eigenvalue weighted by atomic mass is 9.95. The molecule has 9 heteroatoms. The van der Waals surface area contributed by atoms with Crippen LogP contribution in [0.4, 0.5) is 32.0 Å². The summed E-state index contributed by atoms with van der Waals surface area (Å²) in [6.45, 7) is -0.0774. The quantitative estimate of drug-likeness (QED) is 0.710. The van der Waals surface area contributed by atoms with Gasteiger partial charge in [0, 0.05) is 18.3 Å². The Morgan fingerprint density at radius 3 is 2.36 bits per heavy atom. The van der Waals surface area contributed by atoms with Gasteiger partial charge in [0.05, 0.1) is 23.0 Å². The third kappa shape index (κ3) is 3.18. The highest BCUT2D eigenvalue weighted by atomic mass is 19.4. The first-order valence-electron chi connectivity index (χ1n) is 7.12. The van der Waals surface area contributed by atoms with Crippen LogP contribution in [0.1, 0.15) is 27.0 Å². The monoisotopic (exact) mass is 360 g/mol. The number of pyridine rings is 1. The fraction of sp³-hybridized carbons (Fsp3) is 0.250. The van der Waals surface area contributed by atoms with Crippen LogP contribution < -0.4 is 4.90 Å². The summed E-state index contributed by atoms with van der Waals surface area (Å²) in [4.78, 5) is 17.0. The third-order valence-electron chi connectivity index (χ3n) is 3.91. The first kappa shape index (κ1) is 17.2. The van der Waals surface area contributed by atoms with Gasteiger partial charge in [-0.15, -0.1) is 0 Å². The zero-order valence-corrected chi connectivity index (χ0v) is 12.4. The van der Waals surface area contributed by atoms with Crippen molar-refractivity contribution in [1.82, 2.24) is 4.98 Å². The van der Waals surface area contributed by atoms with Gasteiger partial charge in [-0.2, -0.15) is 26.3 Å². The number of benzene rings is 1. The molecule has 1 aromatic heterocycles. The Hall–Kier alpha value is -2.58. The maximum absolute atomic E-state index is 13.1. The summed E-state index contributed by atoms with van der Waals surface area (Å²) in [5.41, 5.74) is -2.44. The predicted octanol–water partition coefficient (Wildman–Crippen LogP) is 4.32. The Bertz CT molecular complexity index is 828. The third-order valence-corrected chi connectivity index (χ3v) is 3.91. The number of hydrogen-bond acceptors (Lipinski definition) is 2. The molecule has 1 aromatic carbocycles. The predicted molar refractivity (Wildman–Crippen MR) is 76.1 cm³/mol. The second-order valence-electron chi connectivity index (χ2n) is 5.47. The summed E-state index contributed by atoms with van der Waals surface area (Å²) >= 11 is 0. The van der Waals surface area contributed by atoms with E-state index in [0.29, 0.717) is 11.6 Å². The van der Waals surface area contributed by atoms with Gasteiger partial charge in [0.1, 0.15) is 0 Å². The molecule has 3 nitrogen and oxygen atoms in total. The Morgan fingerprint density at radius 1 is 1.00 bits per heavy atom. The van der Waals surface area contributed by atoms with Crippen molar-refractivity contribution in [3.8, 4) is 0 Å². The van der Waals surface area contributed by atoms with Crippen molar-refractivity contribution in [2.24, 2.45) is 0 Å². The minimum Gasteiger partial charge on any atom is -0.306 e. The van der Waals surface area contributed by atoms with Gasteiger partial charge >= 0.3 is 12.4 Å². The SMILES string of the molecule is O=C1c2cc(C(F)(F)F)ccc2CCN1c1cnccc1C(F)(F)F. The van der Waals surface area contributed by atoms with Crippen LogP contribution in [0, 0.1) is 0 Å². The van der Waals surface area contributed by atoms with Crippen molar-refractivity contribution in [2.75, 3.05) is 11.4 Å². The summed E-state index contributed by atoms with van der Waals surface area (Å²) in [5, 5.41) is 0. The lowest BCUT2D eigenvalue weighted by Gasteiger charge is -2.30. The van der Waals surface area contributed by atoms with E-state index in [9.17, 15) is 31.1 Å². The van der Waals surface area contributed by atoms with Crippen LogP contribution in [0.2, 0.25) is 0 Å². The maximum Gasteiger partial charge on any atom is 0.418 e. The molecule has 0 bridgehead atoms. The highest BCUT2D eigenvalue weighted by Crippen LogP contribution is 2.38. The fourth-order valence-electron chi connectivity index (χ4n) is 2.72. The largest absolute Gasteiger partial charge is 0.418 e. The number of anilines is 1. The number of alkyl halides is 6. The number of carbonyl (C=O) groups excluding carboxylic acids is 1. The van der Waals surface area contributed by atoms with Crippen molar-refractivity contribution in [3.05, 3.63) is 58.9 Å². The molecule has 0 spiro atoms. The number of aromatic nitrogens is 1. The van der Waals surface area contributed by atoms with Crippen LogP contribution >= 0.6 is 0 Å². The smallest absolute Gasteiger partial charge is 0.306 e. The van der Waals surface area contributed by atoms with E-state index in [1.807, 2.05) is 0 Å². The molecule has 0 fully saturated rings. The van der Waals surface area contributed by atoms with Gasteiger partial charge < -0.3 is 4.90 Å². The molecule has 1 aliphatic rings. The molecule has 25 heavy (non-hydrogen) atoms. The van der Waals surface area contributed by atoms with Crippen molar-refractivity contribution in [2.45, 2.75) is 18.8 Å². The summed E-state index contributed by atoms with van der Waals surface area (Å²) in [6.07, 6.45) is -7.39. The average Bonchev–Trinajstić information content (AvgIpc) is 2.53. The molecule has 0 N–H and O–H groups in total. The number of amides is 1. The minimum absolute atomic E-state index is 0.0774. The van der Waals surface area contributed by atoms with Crippen LogP contribution in [0.15, 0.2) is 36.7 Å². The van der Waals surface area contributed by atoms with Crippen LogP contribution in [0.5, 0.6) is 0 Å². The molecular formula is C16H10F6N2O. The Kier molecular flexibility index (Phi) is 3.97. The molecule has 0 saturated carbocycles. The summed E-state index contributed by atoms with van der Waals surface area (Å²) in [6, 6.07) is 3.44. The molecule has 0 atom stereocenters. The minimum atomic E-state index is -4.72. The number of fused-ring (bicyclic) bond motifs is 1. The second kappa shape index (κ2) is 5.75. The second-order valence-corrected chi connectivity index (χ2v) is 5.47. The van der Waals surface area contributed by atoms with Crippen molar-refractivity contribution < 1.29 is 31.1 Å². The van der Waals surface area contributed by atoms with Crippen LogP contribution in [-0.4, -0.2) is 17.4 Å². The summed E-state index contributed by atoms with van der Waals surface area (Å²) in [7, 11) is 0. The molecule has 132 valence electrons. The fourth-order valence-corrected chi connectivity index (χ4v) is 2.72. The number of halogens is 6. The summed E-state index contributed by atoms with van der Waals surface area (Å²) in [5.74, 6) is -0.911. The Labute approximate surface area is 137 Å². The molecule has 0 saturated heterocycles. The summed E-state index contributed by atoms with van der Waals surface area (Å²) < 4.78 is 77.9. The van der Waals surface area contributed by atoms with Crippen LogP contribution in [-0.2, 0) is 18.8 Å². The Balaban J connectivity index is 2.06. The van der Waals surface area contributed by atoms with Gasteiger partial charge in [0.15, 0.2) is 0 Å². The topological polar surface area (TPSA) is 33.2 Å². The molecule has 0 unspecified atom stereocenters. The van der Waals surface area contributed by atoms with Crippen molar-refractivity contribution in [3.63, 3.8) is 0 Å². The zero-order valence-electron chi connectivity index (χ0n) is 12.4. The first-order chi connectivity index (χ1) is 11.6. The van der Waals surface area contributed by atoms with E-state index >= 15 is 0 Å². The maximum atomic E-state index is 13.1. The number of carbonyl (C=O) groups is 1. The standard InChI is InChI=1S/C16H10F6N2O/c17-15(18,19)10-2-1-9-4-6-24(14(25)11(9)7-10)13-8-23-5-3-12(13)16(20,21)22/h1-3,5,7-8H,4,6H2. The lowest BCUT2D eigenvalue weighted by molar-refractivity contribution is -0.138. The van der Waals surface area contributed by atoms with Crippen LogP contribution in [0.3, 0.4) is 0 Å². The lowest BCUT2D eigenvalue weighted by Crippen LogP contribution is -2.39. The molecule has 2 heterocycles. The molecule has 1 amide bonds. The highest BCUT2D eigenvalue weighted by Gasteiger charge is 2.38. The molecule has 3 rings (SSSR count). The van der Waals surface area contributed by atoms with E-state index in [-0.39, 0.29) is 18.5 Å². The van der Waals surface area contributed by atoms with Crippen LogP contribution in [0.25, 0.3) is 0 Å². The number of nitrogens with zero attached hydrogens (tertiary/aromatic N) is 2. The van der Waals surface area contributed by atoms with E-state index < -0.39 is 35.1 Å². The van der Waals surface area contributed by atoms with E-state index in [1.165, 1.54) is 6.07 Å².